The van der Waals surface area contributed by atoms with Crippen LogP contribution in [0, 0.1) is 12.8 Å². The molecule has 0 aliphatic heterocycles. The van der Waals surface area contributed by atoms with Crippen molar-refractivity contribution in [1.82, 2.24) is 5.32 Å². The molecule has 0 spiro atoms. The van der Waals surface area contributed by atoms with Crippen LogP contribution in [0.5, 0.6) is 0 Å². The molecule has 100 valence electrons. The van der Waals surface area contributed by atoms with E-state index in [9.17, 15) is 4.79 Å². The first-order valence-electron chi connectivity index (χ1n) is 6.31. The topological polar surface area (TPSA) is 67.1 Å². The largest absolute Gasteiger partial charge is 0.397 e. The van der Waals surface area contributed by atoms with Crippen LogP contribution in [0.25, 0.3) is 0 Å². The molecule has 0 heterocycles. The summed E-state index contributed by atoms with van der Waals surface area (Å²) in [5.74, 6) is 0.441. The van der Waals surface area contributed by atoms with Crippen molar-refractivity contribution in [3.8, 4) is 0 Å². The molecule has 1 aromatic rings. The SMILES string of the molecule is Cc1cccc(N)c1NC(C)C(=O)NCC(C)C. The molecule has 1 aromatic carbocycles. The molecule has 0 bridgehead atoms. The third-order valence-corrected chi connectivity index (χ3v) is 2.74. The van der Waals surface area contributed by atoms with E-state index in [1.165, 1.54) is 0 Å². The molecule has 0 saturated heterocycles. The lowest BCUT2D eigenvalue weighted by Gasteiger charge is -2.19. The number of rotatable bonds is 5. The maximum Gasteiger partial charge on any atom is 0.242 e. The molecule has 0 fully saturated rings. The Hall–Kier alpha value is -1.71. The fourth-order valence-corrected chi connectivity index (χ4v) is 1.63. The van der Waals surface area contributed by atoms with E-state index in [-0.39, 0.29) is 11.9 Å². The van der Waals surface area contributed by atoms with Gasteiger partial charge in [-0.05, 0) is 31.4 Å². The minimum atomic E-state index is -0.299. The summed E-state index contributed by atoms with van der Waals surface area (Å²) in [4.78, 5) is 11.9. The van der Waals surface area contributed by atoms with Crippen molar-refractivity contribution in [2.45, 2.75) is 33.7 Å². The van der Waals surface area contributed by atoms with Gasteiger partial charge in [0.25, 0.3) is 0 Å². The van der Waals surface area contributed by atoms with Gasteiger partial charge in [0.15, 0.2) is 0 Å². The fraction of sp³-hybridized carbons (Fsp3) is 0.500. The van der Waals surface area contributed by atoms with Crippen molar-refractivity contribution < 1.29 is 4.79 Å². The molecular formula is C14H23N3O. The lowest BCUT2D eigenvalue weighted by Crippen LogP contribution is -2.39. The summed E-state index contributed by atoms with van der Waals surface area (Å²) in [6.45, 7) is 8.63. The number of nitrogens with one attached hydrogen (secondary N) is 2. The Kier molecular flexibility index (Phi) is 5.01. The van der Waals surface area contributed by atoms with Crippen LogP contribution in [0.15, 0.2) is 18.2 Å². The van der Waals surface area contributed by atoms with Gasteiger partial charge >= 0.3 is 0 Å². The van der Waals surface area contributed by atoms with Crippen molar-refractivity contribution in [3.05, 3.63) is 23.8 Å². The molecule has 1 rings (SSSR count). The molecule has 0 saturated carbocycles. The van der Waals surface area contributed by atoms with Crippen LogP contribution >= 0.6 is 0 Å². The average Bonchev–Trinajstić information content (AvgIpc) is 2.30. The number of hydrogen-bond acceptors (Lipinski definition) is 3. The molecule has 4 heteroatoms. The maximum absolute atomic E-state index is 11.9. The molecule has 4 nitrogen and oxygen atoms in total. The number of amides is 1. The summed E-state index contributed by atoms with van der Waals surface area (Å²) < 4.78 is 0. The molecule has 0 aromatic heterocycles. The number of hydrogen-bond donors (Lipinski definition) is 3. The van der Waals surface area contributed by atoms with E-state index in [4.69, 9.17) is 5.73 Å². The average molecular weight is 249 g/mol. The highest BCUT2D eigenvalue weighted by Crippen LogP contribution is 2.23. The van der Waals surface area contributed by atoms with E-state index in [1.807, 2.05) is 32.0 Å². The predicted octanol–water partition coefficient (Wildman–Crippen LogP) is 2.15. The van der Waals surface area contributed by atoms with E-state index in [0.29, 0.717) is 18.2 Å². The van der Waals surface area contributed by atoms with Crippen LogP contribution in [0.4, 0.5) is 11.4 Å². The second-order valence-corrected chi connectivity index (χ2v) is 5.04. The standard InChI is InChI=1S/C14H23N3O/c1-9(2)8-16-14(18)11(4)17-13-10(3)6-5-7-12(13)15/h5-7,9,11,17H,8,15H2,1-4H3,(H,16,18). The Morgan fingerprint density at radius 3 is 2.56 bits per heavy atom. The van der Waals surface area contributed by atoms with E-state index >= 15 is 0 Å². The van der Waals surface area contributed by atoms with Gasteiger partial charge in [-0.15, -0.1) is 0 Å². The van der Waals surface area contributed by atoms with Crippen LogP contribution in [-0.4, -0.2) is 18.5 Å². The summed E-state index contributed by atoms with van der Waals surface area (Å²) in [6, 6.07) is 5.40. The van der Waals surface area contributed by atoms with Gasteiger partial charge in [-0.3, -0.25) is 4.79 Å². The van der Waals surface area contributed by atoms with Gasteiger partial charge in [0, 0.05) is 6.54 Å². The van der Waals surface area contributed by atoms with Gasteiger partial charge < -0.3 is 16.4 Å². The first-order chi connectivity index (χ1) is 8.41. The summed E-state index contributed by atoms with van der Waals surface area (Å²) in [6.07, 6.45) is 0. The number of aryl methyl sites for hydroxylation is 1. The lowest BCUT2D eigenvalue weighted by molar-refractivity contribution is -0.121. The highest BCUT2D eigenvalue weighted by atomic mass is 16.2. The van der Waals surface area contributed by atoms with Crippen LogP contribution in [-0.2, 0) is 4.79 Å². The van der Waals surface area contributed by atoms with E-state index in [0.717, 1.165) is 11.3 Å². The van der Waals surface area contributed by atoms with Crippen molar-refractivity contribution in [1.29, 1.82) is 0 Å². The Balaban J connectivity index is 2.64. The number of nitrogen functional groups attached to an aromatic ring is 1. The zero-order valence-corrected chi connectivity index (χ0v) is 11.6. The van der Waals surface area contributed by atoms with Gasteiger partial charge in [-0.1, -0.05) is 26.0 Å². The number of benzene rings is 1. The van der Waals surface area contributed by atoms with E-state index in [1.54, 1.807) is 0 Å². The third-order valence-electron chi connectivity index (χ3n) is 2.74. The van der Waals surface area contributed by atoms with Gasteiger partial charge in [0.1, 0.15) is 6.04 Å². The number of nitrogens with two attached hydrogens (primary N) is 1. The molecule has 0 radical (unpaired) electrons. The molecule has 1 amide bonds. The smallest absolute Gasteiger partial charge is 0.242 e. The summed E-state index contributed by atoms with van der Waals surface area (Å²) in [5.41, 5.74) is 8.44. The fourth-order valence-electron chi connectivity index (χ4n) is 1.63. The normalized spacial score (nSPS) is 12.3. The predicted molar refractivity (Wildman–Crippen MR) is 76.5 cm³/mol. The second-order valence-electron chi connectivity index (χ2n) is 5.04. The van der Waals surface area contributed by atoms with Gasteiger partial charge in [0.05, 0.1) is 11.4 Å². The summed E-state index contributed by atoms with van der Waals surface area (Å²) >= 11 is 0. The van der Waals surface area contributed by atoms with Crippen molar-refractivity contribution in [2.24, 2.45) is 5.92 Å². The van der Waals surface area contributed by atoms with Crippen LogP contribution in [0.2, 0.25) is 0 Å². The van der Waals surface area contributed by atoms with E-state index < -0.39 is 0 Å². The van der Waals surface area contributed by atoms with Crippen molar-refractivity contribution in [3.63, 3.8) is 0 Å². The van der Waals surface area contributed by atoms with Crippen LogP contribution in [0.1, 0.15) is 26.3 Å². The lowest BCUT2D eigenvalue weighted by atomic mass is 10.1. The highest BCUT2D eigenvalue weighted by Gasteiger charge is 2.14. The van der Waals surface area contributed by atoms with Gasteiger partial charge in [-0.25, -0.2) is 0 Å². The maximum atomic E-state index is 11.9. The number of carbonyl (C=O) groups is 1. The Morgan fingerprint density at radius 1 is 1.33 bits per heavy atom. The van der Waals surface area contributed by atoms with E-state index in [2.05, 4.69) is 24.5 Å². The highest BCUT2D eigenvalue weighted by molar-refractivity contribution is 5.86. The number of carbonyl (C=O) groups excluding carboxylic acids is 1. The Bertz CT molecular complexity index is 395. The second kappa shape index (κ2) is 6.28. The van der Waals surface area contributed by atoms with Crippen molar-refractivity contribution in [2.75, 3.05) is 17.6 Å². The molecule has 0 aliphatic rings. The Morgan fingerprint density at radius 2 is 2.00 bits per heavy atom. The number of para-hydroxylation sites is 1. The monoisotopic (exact) mass is 249 g/mol. The molecular weight excluding hydrogens is 226 g/mol. The van der Waals surface area contributed by atoms with Gasteiger partial charge in [-0.2, -0.15) is 0 Å². The molecule has 1 unspecified atom stereocenters. The zero-order valence-electron chi connectivity index (χ0n) is 11.6. The minimum Gasteiger partial charge on any atom is -0.397 e. The summed E-state index contributed by atoms with van der Waals surface area (Å²) in [7, 11) is 0. The molecule has 18 heavy (non-hydrogen) atoms. The Labute approximate surface area is 109 Å². The van der Waals surface area contributed by atoms with Crippen LogP contribution < -0.4 is 16.4 Å². The zero-order chi connectivity index (χ0) is 13.7. The first kappa shape index (κ1) is 14.4. The molecule has 1 atom stereocenters. The first-order valence-corrected chi connectivity index (χ1v) is 6.31. The van der Waals surface area contributed by atoms with Gasteiger partial charge in [0.2, 0.25) is 5.91 Å². The summed E-state index contributed by atoms with van der Waals surface area (Å²) in [5, 5.41) is 6.06. The molecule has 0 aliphatic carbocycles. The number of anilines is 2. The molecule has 4 N–H and O–H groups in total. The third kappa shape index (κ3) is 3.95. The van der Waals surface area contributed by atoms with Crippen LogP contribution in [0.3, 0.4) is 0 Å². The minimum absolute atomic E-state index is 0.00801. The quantitative estimate of drug-likeness (QED) is 0.700. The van der Waals surface area contributed by atoms with Crippen molar-refractivity contribution >= 4 is 17.3 Å².